The number of carbonyl (C=O) groups excluding carboxylic acids is 1. The first-order valence-electron chi connectivity index (χ1n) is 10.7. The number of ether oxygens (including phenoxy) is 1. The maximum atomic E-state index is 12.7. The summed E-state index contributed by atoms with van der Waals surface area (Å²) in [6.07, 6.45) is 0. The van der Waals surface area contributed by atoms with Crippen LogP contribution in [-0.2, 0) is 11.4 Å². The first kappa shape index (κ1) is 23.3. The molecule has 1 aromatic heterocycles. The fourth-order valence-corrected chi connectivity index (χ4v) is 4.73. The topological polar surface area (TPSA) is 89.5 Å². The Morgan fingerprint density at radius 2 is 1.79 bits per heavy atom. The number of nitrogens with zero attached hydrogens (tertiary/aromatic N) is 5. The van der Waals surface area contributed by atoms with Crippen molar-refractivity contribution < 1.29 is 9.53 Å². The van der Waals surface area contributed by atoms with E-state index in [9.17, 15) is 4.79 Å². The third kappa shape index (κ3) is 5.54. The summed E-state index contributed by atoms with van der Waals surface area (Å²) in [4.78, 5) is 16.8. The lowest BCUT2D eigenvalue weighted by Crippen LogP contribution is -2.49. The lowest BCUT2D eigenvalue weighted by Gasteiger charge is -2.36. The second kappa shape index (κ2) is 10.4. The summed E-state index contributed by atoms with van der Waals surface area (Å²) >= 11 is 7.38. The zero-order valence-electron chi connectivity index (χ0n) is 18.7. The number of halogens is 1. The van der Waals surface area contributed by atoms with Gasteiger partial charge in [0.15, 0.2) is 5.82 Å². The van der Waals surface area contributed by atoms with Crippen molar-refractivity contribution in [3.05, 3.63) is 64.4 Å². The molecule has 1 saturated heterocycles. The van der Waals surface area contributed by atoms with Crippen LogP contribution in [0.5, 0.6) is 5.75 Å². The zero-order chi connectivity index (χ0) is 23.4. The highest BCUT2D eigenvalue weighted by molar-refractivity contribution is 7.99. The Hall–Kier alpha value is -2.91. The minimum Gasteiger partial charge on any atom is -0.485 e. The van der Waals surface area contributed by atoms with E-state index < -0.39 is 0 Å². The number of para-hydroxylation sites is 1. The Labute approximate surface area is 202 Å². The molecule has 3 aromatic rings. The minimum atomic E-state index is 0.0575. The van der Waals surface area contributed by atoms with Gasteiger partial charge < -0.3 is 20.4 Å². The number of nitrogens with two attached hydrogens (primary N) is 1. The molecule has 0 saturated carbocycles. The molecule has 1 amide bonds. The number of anilines is 1. The van der Waals surface area contributed by atoms with Crippen LogP contribution >= 0.6 is 23.4 Å². The number of benzene rings is 2. The Morgan fingerprint density at radius 3 is 2.48 bits per heavy atom. The Bertz CT molecular complexity index is 1110. The predicted molar refractivity (Wildman–Crippen MR) is 131 cm³/mol. The highest BCUT2D eigenvalue weighted by Crippen LogP contribution is 2.24. The molecule has 2 heterocycles. The first-order valence-corrected chi connectivity index (χ1v) is 12.1. The number of hydrogen-bond acceptors (Lipinski definition) is 7. The predicted octanol–water partition coefficient (Wildman–Crippen LogP) is 3.28. The third-order valence-electron chi connectivity index (χ3n) is 5.62. The lowest BCUT2D eigenvalue weighted by atomic mass is 10.1. The number of hydrogen-bond donors (Lipinski definition) is 1. The molecular weight excluding hydrogens is 460 g/mol. The van der Waals surface area contributed by atoms with Gasteiger partial charge in [-0.1, -0.05) is 47.6 Å². The van der Waals surface area contributed by atoms with Crippen molar-refractivity contribution in [2.45, 2.75) is 25.6 Å². The van der Waals surface area contributed by atoms with Crippen molar-refractivity contribution in [1.29, 1.82) is 0 Å². The van der Waals surface area contributed by atoms with E-state index in [2.05, 4.69) is 15.1 Å². The molecule has 4 rings (SSSR count). The van der Waals surface area contributed by atoms with Crippen molar-refractivity contribution in [2.24, 2.45) is 0 Å². The van der Waals surface area contributed by atoms with Gasteiger partial charge in [0, 0.05) is 36.9 Å². The van der Waals surface area contributed by atoms with Crippen molar-refractivity contribution in [3.8, 4) is 5.75 Å². The van der Waals surface area contributed by atoms with E-state index >= 15 is 0 Å². The molecule has 2 N–H and O–H groups in total. The molecule has 0 atom stereocenters. The maximum absolute atomic E-state index is 12.7. The fraction of sp³-hybridized carbons (Fsp3) is 0.348. The van der Waals surface area contributed by atoms with Crippen LogP contribution in [-0.4, -0.2) is 57.6 Å². The molecule has 174 valence electrons. The van der Waals surface area contributed by atoms with E-state index in [4.69, 9.17) is 22.2 Å². The summed E-state index contributed by atoms with van der Waals surface area (Å²) in [6, 6.07) is 13.8. The molecule has 0 bridgehead atoms. The summed E-state index contributed by atoms with van der Waals surface area (Å²) in [5.41, 5.74) is 3.18. The second-order valence-electron chi connectivity index (χ2n) is 7.91. The number of nitrogen functional groups attached to an aromatic ring is 1. The SMILES string of the molecule is Cc1cccc(C)c1OCc1nnc(SCC(=O)N2CCN(c3cccc(Cl)c3)CC2)n1N. The van der Waals surface area contributed by atoms with Gasteiger partial charge in [-0.15, -0.1) is 10.2 Å². The number of aryl methyl sites for hydroxylation is 2. The van der Waals surface area contributed by atoms with E-state index in [0.717, 1.165) is 35.7 Å². The molecule has 0 unspecified atom stereocenters. The van der Waals surface area contributed by atoms with Crippen LogP contribution in [0.4, 0.5) is 5.69 Å². The highest BCUT2D eigenvalue weighted by Gasteiger charge is 2.22. The van der Waals surface area contributed by atoms with Crippen molar-refractivity contribution in [2.75, 3.05) is 42.7 Å². The summed E-state index contributed by atoms with van der Waals surface area (Å²) in [7, 11) is 0. The normalized spacial score (nSPS) is 13.9. The number of rotatable bonds is 7. The monoisotopic (exact) mass is 486 g/mol. The Morgan fingerprint density at radius 1 is 1.09 bits per heavy atom. The first-order chi connectivity index (χ1) is 15.9. The fourth-order valence-electron chi connectivity index (χ4n) is 3.77. The lowest BCUT2D eigenvalue weighted by molar-refractivity contribution is -0.128. The van der Waals surface area contributed by atoms with Crippen molar-refractivity contribution >= 4 is 35.0 Å². The molecule has 33 heavy (non-hydrogen) atoms. The summed E-state index contributed by atoms with van der Waals surface area (Å²) < 4.78 is 7.31. The van der Waals surface area contributed by atoms with E-state index in [1.807, 2.05) is 61.2 Å². The number of piperazine rings is 1. The van der Waals surface area contributed by atoms with Crippen LogP contribution in [0.15, 0.2) is 47.6 Å². The number of aromatic nitrogens is 3. The molecule has 2 aromatic carbocycles. The molecule has 0 radical (unpaired) electrons. The van der Waals surface area contributed by atoms with E-state index in [-0.39, 0.29) is 18.3 Å². The maximum Gasteiger partial charge on any atom is 0.233 e. The molecular formula is C23H27ClN6O2S. The average Bonchev–Trinajstić information content (AvgIpc) is 3.16. The summed E-state index contributed by atoms with van der Waals surface area (Å²) in [5, 5.41) is 9.46. The van der Waals surface area contributed by atoms with Crippen molar-refractivity contribution in [1.82, 2.24) is 19.8 Å². The van der Waals surface area contributed by atoms with Gasteiger partial charge in [0.2, 0.25) is 11.1 Å². The molecule has 1 fully saturated rings. The number of amides is 1. The van der Waals surface area contributed by atoms with Gasteiger partial charge in [-0.2, -0.15) is 0 Å². The van der Waals surface area contributed by atoms with Crippen LogP contribution in [0.2, 0.25) is 5.02 Å². The third-order valence-corrected chi connectivity index (χ3v) is 6.78. The minimum absolute atomic E-state index is 0.0575. The van der Waals surface area contributed by atoms with Gasteiger partial charge in [-0.25, -0.2) is 4.68 Å². The second-order valence-corrected chi connectivity index (χ2v) is 9.29. The Kier molecular flexibility index (Phi) is 7.29. The van der Waals surface area contributed by atoms with Crippen LogP contribution in [0, 0.1) is 13.8 Å². The standard InChI is InChI=1S/C23H27ClN6O2S/c1-16-5-3-6-17(2)22(16)32-14-20-26-27-23(30(20)25)33-15-21(31)29-11-9-28(10-12-29)19-8-4-7-18(24)13-19/h3-8,13H,9-12,14-15,25H2,1-2H3. The van der Waals surface area contributed by atoms with E-state index in [1.165, 1.54) is 16.4 Å². The van der Waals surface area contributed by atoms with Gasteiger partial charge in [-0.05, 0) is 43.2 Å². The number of thioether (sulfide) groups is 1. The number of carbonyl (C=O) groups is 1. The van der Waals surface area contributed by atoms with Gasteiger partial charge >= 0.3 is 0 Å². The van der Waals surface area contributed by atoms with Gasteiger partial charge in [0.1, 0.15) is 12.4 Å². The van der Waals surface area contributed by atoms with Gasteiger partial charge in [0.05, 0.1) is 5.75 Å². The molecule has 0 aliphatic carbocycles. The van der Waals surface area contributed by atoms with Crippen LogP contribution < -0.4 is 15.5 Å². The van der Waals surface area contributed by atoms with Crippen molar-refractivity contribution in [3.63, 3.8) is 0 Å². The molecule has 1 aliphatic rings. The van der Waals surface area contributed by atoms with Gasteiger partial charge in [-0.3, -0.25) is 4.79 Å². The summed E-state index contributed by atoms with van der Waals surface area (Å²) in [6.45, 7) is 7.06. The zero-order valence-corrected chi connectivity index (χ0v) is 20.3. The molecule has 1 aliphatic heterocycles. The Balaban J connectivity index is 1.27. The summed E-state index contributed by atoms with van der Waals surface area (Å²) in [5.74, 6) is 7.79. The van der Waals surface area contributed by atoms with Crippen LogP contribution in [0.3, 0.4) is 0 Å². The quantitative estimate of drug-likeness (QED) is 0.405. The highest BCUT2D eigenvalue weighted by atomic mass is 35.5. The van der Waals surface area contributed by atoms with E-state index in [1.54, 1.807) is 0 Å². The van der Waals surface area contributed by atoms with Gasteiger partial charge in [0.25, 0.3) is 0 Å². The molecule has 0 spiro atoms. The molecule has 10 heteroatoms. The van der Waals surface area contributed by atoms with Crippen LogP contribution in [0.1, 0.15) is 17.0 Å². The average molecular weight is 487 g/mol. The van der Waals surface area contributed by atoms with E-state index in [0.29, 0.717) is 29.1 Å². The smallest absolute Gasteiger partial charge is 0.233 e. The largest absolute Gasteiger partial charge is 0.485 e. The van der Waals surface area contributed by atoms with Crippen LogP contribution in [0.25, 0.3) is 0 Å². The molecule has 8 nitrogen and oxygen atoms in total.